The van der Waals surface area contributed by atoms with Crippen molar-refractivity contribution in [2.45, 2.75) is 13.2 Å². The first kappa shape index (κ1) is 15.0. The lowest BCUT2D eigenvalue weighted by atomic mass is 10.2. The molecule has 0 aliphatic rings. The number of methoxy groups -OCH3 is 2. The molecular weight excluding hydrogens is 272 g/mol. The summed E-state index contributed by atoms with van der Waals surface area (Å²) in [6, 6.07) is 10.1. The Morgan fingerprint density at radius 1 is 0.762 bits per heavy atom. The molecule has 0 atom stereocenters. The first-order valence-corrected chi connectivity index (χ1v) is 6.43. The molecule has 0 radical (unpaired) electrons. The second-order valence-electron chi connectivity index (χ2n) is 4.51. The average Bonchev–Trinajstić information content (AvgIpc) is 2.50. The third-order valence-corrected chi connectivity index (χ3v) is 3.03. The minimum atomic E-state index is 0.101. The van der Waals surface area contributed by atoms with Crippen LogP contribution in [-0.2, 0) is 18.0 Å². The average molecular weight is 290 g/mol. The molecule has 21 heavy (non-hydrogen) atoms. The van der Waals surface area contributed by atoms with Crippen LogP contribution in [-0.4, -0.2) is 24.4 Å². The number of phenolic OH excluding ortho intramolecular Hbond substituents is 2. The van der Waals surface area contributed by atoms with E-state index in [1.165, 1.54) is 14.2 Å². The summed E-state index contributed by atoms with van der Waals surface area (Å²) in [5, 5.41) is 19.0. The van der Waals surface area contributed by atoms with Crippen molar-refractivity contribution in [2.24, 2.45) is 0 Å². The van der Waals surface area contributed by atoms with Crippen LogP contribution in [0.15, 0.2) is 36.4 Å². The zero-order valence-electron chi connectivity index (χ0n) is 12.0. The van der Waals surface area contributed by atoms with Gasteiger partial charge in [-0.1, -0.05) is 12.1 Å². The fourth-order valence-corrected chi connectivity index (χ4v) is 1.91. The Balaban J connectivity index is 1.95. The molecule has 0 aliphatic carbocycles. The van der Waals surface area contributed by atoms with Crippen molar-refractivity contribution in [3.05, 3.63) is 47.5 Å². The number of hydrogen-bond acceptors (Lipinski definition) is 5. The number of benzene rings is 2. The van der Waals surface area contributed by atoms with Crippen LogP contribution in [0.2, 0.25) is 0 Å². The summed E-state index contributed by atoms with van der Waals surface area (Å²) in [5.41, 5.74) is 1.80. The highest BCUT2D eigenvalue weighted by Gasteiger charge is 2.05. The number of rotatable bonds is 6. The molecule has 112 valence electrons. The molecule has 0 heterocycles. The van der Waals surface area contributed by atoms with Gasteiger partial charge in [0.25, 0.3) is 0 Å². The monoisotopic (exact) mass is 290 g/mol. The van der Waals surface area contributed by atoms with Crippen LogP contribution < -0.4 is 9.47 Å². The van der Waals surface area contributed by atoms with Gasteiger partial charge in [0.05, 0.1) is 27.4 Å². The number of phenols is 2. The zero-order chi connectivity index (χ0) is 15.2. The Labute approximate surface area is 123 Å². The highest BCUT2D eigenvalue weighted by molar-refractivity contribution is 5.42. The van der Waals surface area contributed by atoms with Gasteiger partial charge in [0.2, 0.25) is 0 Å². The van der Waals surface area contributed by atoms with Crippen LogP contribution in [0.4, 0.5) is 0 Å². The number of hydrogen-bond donors (Lipinski definition) is 2. The summed E-state index contributed by atoms with van der Waals surface area (Å²) < 4.78 is 15.7. The summed E-state index contributed by atoms with van der Waals surface area (Å²) in [6.07, 6.45) is 0. The maximum absolute atomic E-state index is 9.52. The summed E-state index contributed by atoms with van der Waals surface area (Å²) in [7, 11) is 3.00. The summed E-state index contributed by atoms with van der Waals surface area (Å²) >= 11 is 0. The highest BCUT2D eigenvalue weighted by atomic mass is 16.5. The SMILES string of the molecule is COc1cc(COCc2ccc(O)c(OC)c2)ccc1O. The van der Waals surface area contributed by atoms with Gasteiger partial charge >= 0.3 is 0 Å². The van der Waals surface area contributed by atoms with Gasteiger partial charge in [0.1, 0.15) is 0 Å². The maximum Gasteiger partial charge on any atom is 0.160 e. The van der Waals surface area contributed by atoms with Crippen molar-refractivity contribution in [3.63, 3.8) is 0 Å². The molecule has 0 fully saturated rings. The Hall–Kier alpha value is -2.40. The summed E-state index contributed by atoms with van der Waals surface area (Å²) in [5.74, 6) is 1.04. The predicted octanol–water partition coefficient (Wildman–Crippen LogP) is 2.83. The van der Waals surface area contributed by atoms with Gasteiger partial charge in [-0.3, -0.25) is 0 Å². The van der Waals surface area contributed by atoms with Gasteiger partial charge in [-0.05, 0) is 35.4 Å². The van der Waals surface area contributed by atoms with Crippen LogP contribution in [0, 0.1) is 0 Å². The highest BCUT2D eigenvalue weighted by Crippen LogP contribution is 2.28. The minimum Gasteiger partial charge on any atom is -0.504 e. The van der Waals surface area contributed by atoms with E-state index < -0.39 is 0 Å². The Bertz CT molecular complexity index is 556. The molecule has 0 spiro atoms. The van der Waals surface area contributed by atoms with Crippen LogP contribution in [0.1, 0.15) is 11.1 Å². The zero-order valence-corrected chi connectivity index (χ0v) is 12.0. The van der Waals surface area contributed by atoms with E-state index in [4.69, 9.17) is 14.2 Å². The first-order valence-electron chi connectivity index (χ1n) is 6.43. The third-order valence-electron chi connectivity index (χ3n) is 3.03. The second-order valence-corrected chi connectivity index (χ2v) is 4.51. The smallest absolute Gasteiger partial charge is 0.160 e. The van der Waals surface area contributed by atoms with Crippen molar-refractivity contribution in [3.8, 4) is 23.0 Å². The van der Waals surface area contributed by atoms with Crippen molar-refractivity contribution in [1.82, 2.24) is 0 Å². The van der Waals surface area contributed by atoms with E-state index >= 15 is 0 Å². The molecule has 0 unspecified atom stereocenters. The van der Waals surface area contributed by atoms with E-state index in [1.807, 2.05) is 0 Å². The van der Waals surface area contributed by atoms with E-state index in [1.54, 1.807) is 36.4 Å². The molecule has 0 amide bonds. The molecule has 0 bridgehead atoms. The molecule has 2 rings (SSSR count). The van der Waals surface area contributed by atoms with Gasteiger partial charge in [0.15, 0.2) is 23.0 Å². The van der Waals surface area contributed by atoms with Gasteiger partial charge in [-0.2, -0.15) is 0 Å². The van der Waals surface area contributed by atoms with Gasteiger partial charge in [-0.25, -0.2) is 0 Å². The van der Waals surface area contributed by atoms with Crippen molar-refractivity contribution < 1.29 is 24.4 Å². The molecule has 0 aliphatic heterocycles. The van der Waals surface area contributed by atoms with E-state index in [-0.39, 0.29) is 11.5 Å². The quantitative estimate of drug-likeness (QED) is 0.856. The second kappa shape index (κ2) is 6.85. The molecule has 2 aromatic rings. The summed E-state index contributed by atoms with van der Waals surface area (Å²) in [4.78, 5) is 0. The van der Waals surface area contributed by atoms with Crippen LogP contribution in [0.5, 0.6) is 23.0 Å². The molecule has 5 nitrogen and oxygen atoms in total. The van der Waals surface area contributed by atoms with Crippen molar-refractivity contribution in [2.75, 3.05) is 14.2 Å². The molecule has 0 saturated carbocycles. The van der Waals surface area contributed by atoms with E-state index in [0.717, 1.165) is 11.1 Å². The molecule has 0 aromatic heterocycles. The normalized spacial score (nSPS) is 10.4. The summed E-state index contributed by atoms with van der Waals surface area (Å²) in [6.45, 7) is 0.777. The molecule has 2 N–H and O–H groups in total. The Kier molecular flexibility index (Phi) is 4.90. The lowest BCUT2D eigenvalue weighted by Crippen LogP contribution is -1.96. The standard InChI is InChI=1S/C16H18O5/c1-19-15-7-11(3-5-13(15)17)9-21-10-12-4-6-14(18)16(8-12)20-2/h3-8,17-18H,9-10H2,1-2H3. The van der Waals surface area contributed by atoms with E-state index in [2.05, 4.69) is 0 Å². The fourth-order valence-electron chi connectivity index (χ4n) is 1.91. The van der Waals surface area contributed by atoms with Crippen LogP contribution in [0.3, 0.4) is 0 Å². The molecule has 0 saturated heterocycles. The Morgan fingerprint density at radius 3 is 1.57 bits per heavy atom. The molecular formula is C16H18O5. The van der Waals surface area contributed by atoms with Crippen molar-refractivity contribution >= 4 is 0 Å². The molecule has 5 heteroatoms. The number of ether oxygens (including phenoxy) is 3. The lowest BCUT2D eigenvalue weighted by Gasteiger charge is -2.09. The third kappa shape index (κ3) is 3.79. The minimum absolute atomic E-state index is 0.101. The van der Waals surface area contributed by atoms with Gasteiger partial charge in [0, 0.05) is 0 Å². The van der Waals surface area contributed by atoms with Crippen LogP contribution in [0.25, 0.3) is 0 Å². The van der Waals surface area contributed by atoms with Crippen molar-refractivity contribution in [1.29, 1.82) is 0 Å². The van der Waals surface area contributed by atoms with Crippen LogP contribution >= 0.6 is 0 Å². The number of aromatic hydroxyl groups is 2. The van der Waals surface area contributed by atoms with E-state index in [9.17, 15) is 10.2 Å². The first-order chi connectivity index (χ1) is 10.1. The fraction of sp³-hybridized carbons (Fsp3) is 0.250. The predicted molar refractivity (Wildman–Crippen MR) is 77.8 cm³/mol. The van der Waals surface area contributed by atoms with Gasteiger partial charge in [-0.15, -0.1) is 0 Å². The molecule has 2 aromatic carbocycles. The Morgan fingerprint density at radius 2 is 1.19 bits per heavy atom. The maximum atomic E-state index is 9.52. The van der Waals surface area contributed by atoms with E-state index in [0.29, 0.717) is 24.7 Å². The van der Waals surface area contributed by atoms with Gasteiger partial charge < -0.3 is 24.4 Å². The topological polar surface area (TPSA) is 68.2 Å². The largest absolute Gasteiger partial charge is 0.504 e. The lowest BCUT2D eigenvalue weighted by molar-refractivity contribution is 0.107.